The van der Waals surface area contributed by atoms with Crippen LogP contribution >= 0.6 is 0 Å². The average Bonchev–Trinajstić information content (AvgIpc) is 3.28. The number of primary amides is 1. The molecule has 29 heavy (non-hydrogen) atoms. The molecule has 156 valence electrons. The Kier molecular flexibility index (Phi) is 4.96. The number of benzene rings is 1. The summed E-state index contributed by atoms with van der Waals surface area (Å²) in [6.45, 7) is 8.99. The standard InChI is InChI=1S/C24H33N3O2/c1-23(2,3)16-12-17(24(4)10-11-24)14-18(13-16)27-21(15-20(26-27)22(25)28)29-19-8-6-5-7-9-19/h12-15,19H,5-11H2,1-4H3,(H2,25,28). The molecule has 0 saturated heterocycles. The van der Waals surface area contributed by atoms with Crippen LogP contribution in [-0.2, 0) is 10.8 Å². The normalized spacial score (nSPS) is 19.2. The van der Waals surface area contributed by atoms with Crippen LogP contribution in [0, 0.1) is 0 Å². The lowest BCUT2D eigenvalue weighted by Crippen LogP contribution is -2.21. The molecule has 2 aliphatic rings. The molecule has 2 saturated carbocycles. The van der Waals surface area contributed by atoms with E-state index in [-0.39, 0.29) is 22.6 Å². The van der Waals surface area contributed by atoms with Gasteiger partial charge in [0.15, 0.2) is 5.69 Å². The second-order valence-electron chi connectivity index (χ2n) is 10.1. The zero-order valence-electron chi connectivity index (χ0n) is 18.1. The van der Waals surface area contributed by atoms with Crippen molar-refractivity contribution in [1.29, 1.82) is 0 Å². The van der Waals surface area contributed by atoms with Crippen molar-refractivity contribution in [3.63, 3.8) is 0 Å². The van der Waals surface area contributed by atoms with Crippen LogP contribution in [0.15, 0.2) is 24.3 Å². The number of rotatable bonds is 5. The molecule has 1 heterocycles. The number of nitrogens with zero attached hydrogens (tertiary/aromatic N) is 2. The lowest BCUT2D eigenvalue weighted by Gasteiger charge is -2.25. The Morgan fingerprint density at radius 2 is 1.83 bits per heavy atom. The third-order valence-electron chi connectivity index (χ3n) is 6.49. The van der Waals surface area contributed by atoms with Gasteiger partial charge in [0.25, 0.3) is 5.91 Å². The number of hydrogen-bond donors (Lipinski definition) is 1. The third-order valence-corrected chi connectivity index (χ3v) is 6.49. The largest absolute Gasteiger partial charge is 0.474 e. The Morgan fingerprint density at radius 3 is 2.41 bits per heavy atom. The van der Waals surface area contributed by atoms with Crippen molar-refractivity contribution in [1.82, 2.24) is 9.78 Å². The smallest absolute Gasteiger partial charge is 0.269 e. The monoisotopic (exact) mass is 395 g/mol. The van der Waals surface area contributed by atoms with E-state index < -0.39 is 5.91 Å². The van der Waals surface area contributed by atoms with Crippen LogP contribution in [0.25, 0.3) is 5.69 Å². The van der Waals surface area contributed by atoms with E-state index in [9.17, 15) is 4.79 Å². The summed E-state index contributed by atoms with van der Waals surface area (Å²) in [6, 6.07) is 8.39. The maximum atomic E-state index is 11.8. The minimum atomic E-state index is -0.529. The first-order valence-corrected chi connectivity index (χ1v) is 10.9. The summed E-state index contributed by atoms with van der Waals surface area (Å²) >= 11 is 0. The first kappa shape index (κ1) is 20.0. The van der Waals surface area contributed by atoms with Gasteiger partial charge in [-0.1, -0.05) is 40.2 Å². The second-order valence-corrected chi connectivity index (χ2v) is 10.1. The Bertz CT molecular complexity index is 889. The number of hydrogen-bond acceptors (Lipinski definition) is 3. The topological polar surface area (TPSA) is 70.1 Å². The molecule has 1 aromatic heterocycles. The van der Waals surface area contributed by atoms with Crippen LogP contribution in [0.1, 0.15) is 94.3 Å². The maximum absolute atomic E-state index is 11.8. The molecule has 2 aromatic rings. The van der Waals surface area contributed by atoms with Gasteiger partial charge in [0.1, 0.15) is 6.10 Å². The van der Waals surface area contributed by atoms with Crippen molar-refractivity contribution in [2.24, 2.45) is 5.73 Å². The summed E-state index contributed by atoms with van der Waals surface area (Å²) in [5.41, 5.74) is 9.58. The van der Waals surface area contributed by atoms with Crippen LogP contribution < -0.4 is 10.5 Å². The number of carbonyl (C=O) groups excluding carboxylic acids is 1. The average molecular weight is 396 g/mol. The van der Waals surface area contributed by atoms with Gasteiger partial charge in [-0.3, -0.25) is 4.79 Å². The molecule has 0 spiro atoms. The summed E-state index contributed by atoms with van der Waals surface area (Å²) in [5, 5.41) is 4.53. The summed E-state index contributed by atoms with van der Waals surface area (Å²) < 4.78 is 8.11. The highest BCUT2D eigenvalue weighted by Crippen LogP contribution is 2.49. The molecule has 0 aliphatic heterocycles. The lowest BCUT2D eigenvalue weighted by molar-refractivity contribution is 0.0995. The summed E-state index contributed by atoms with van der Waals surface area (Å²) in [5.74, 6) is 0.0854. The summed E-state index contributed by atoms with van der Waals surface area (Å²) in [6.07, 6.45) is 8.30. The van der Waals surface area contributed by atoms with E-state index in [1.165, 1.54) is 43.2 Å². The van der Waals surface area contributed by atoms with Gasteiger partial charge in [-0.15, -0.1) is 0 Å². The molecule has 0 bridgehead atoms. The van der Waals surface area contributed by atoms with Crippen LogP contribution in [0.3, 0.4) is 0 Å². The number of nitrogens with two attached hydrogens (primary N) is 1. The highest BCUT2D eigenvalue weighted by Gasteiger charge is 2.40. The van der Waals surface area contributed by atoms with Crippen LogP contribution in [-0.4, -0.2) is 21.8 Å². The van der Waals surface area contributed by atoms with Gasteiger partial charge in [0, 0.05) is 6.07 Å². The predicted molar refractivity (Wildman–Crippen MR) is 115 cm³/mol. The lowest BCUT2D eigenvalue weighted by atomic mass is 9.83. The molecule has 0 radical (unpaired) electrons. The van der Waals surface area contributed by atoms with Crippen molar-refractivity contribution in [2.75, 3.05) is 0 Å². The molecule has 2 N–H and O–H groups in total. The predicted octanol–water partition coefficient (Wildman–Crippen LogP) is 5.03. The maximum Gasteiger partial charge on any atom is 0.269 e. The minimum Gasteiger partial charge on any atom is -0.474 e. The molecule has 5 nitrogen and oxygen atoms in total. The molecular weight excluding hydrogens is 362 g/mol. The van der Waals surface area contributed by atoms with Gasteiger partial charge < -0.3 is 10.5 Å². The zero-order chi connectivity index (χ0) is 20.8. The molecular formula is C24H33N3O2. The van der Waals surface area contributed by atoms with Crippen LogP contribution in [0.5, 0.6) is 5.88 Å². The van der Waals surface area contributed by atoms with E-state index in [1.807, 2.05) is 0 Å². The van der Waals surface area contributed by atoms with Crippen molar-refractivity contribution >= 4 is 5.91 Å². The van der Waals surface area contributed by atoms with Crippen molar-refractivity contribution in [2.45, 2.75) is 89.6 Å². The van der Waals surface area contributed by atoms with Gasteiger partial charge >= 0.3 is 0 Å². The number of aromatic nitrogens is 2. The first-order chi connectivity index (χ1) is 13.7. The van der Waals surface area contributed by atoms with Crippen molar-refractivity contribution < 1.29 is 9.53 Å². The first-order valence-electron chi connectivity index (χ1n) is 10.9. The quantitative estimate of drug-likeness (QED) is 0.772. The minimum absolute atomic E-state index is 0.0140. The number of amides is 1. The van der Waals surface area contributed by atoms with Crippen LogP contribution in [0.2, 0.25) is 0 Å². The van der Waals surface area contributed by atoms with E-state index in [4.69, 9.17) is 10.5 Å². The van der Waals surface area contributed by atoms with Crippen molar-refractivity contribution in [3.05, 3.63) is 41.1 Å². The molecule has 0 unspecified atom stereocenters. The molecule has 4 rings (SSSR count). The third kappa shape index (κ3) is 4.19. The van der Waals surface area contributed by atoms with Gasteiger partial charge in [-0.25, -0.2) is 4.68 Å². The number of carbonyl (C=O) groups is 1. The van der Waals surface area contributed by atoms with E-state index in [0.717, 1.165) is 18.5 Å². The second kappa shape index (κ2) is 7.19. The highest BCUT2D eigenvalue weighted by molar-refractivity contribution is 5.91. The van der Waals surface area contributed by atoms with E-state index in [2.05, 4.69) is 51.0 Å². The van der Waals surface area contributed by atoms with Gasteiger partial charge in [-0.2, -0.15) is 5.10 Å². The fourth-order valence-electron chi connectivity index (χ4n) is 4.10. The molecule has 2 fully saturated rings. The molecule has 5 heteroatoms. The van der Waals surface area contributed by atoms with E-state index in [1.54, 1.807) is 10.7 Å². The Labute approximate surface area is 173 Å². The summed E-state index contributed by atoms with van der Waals surface area (Å²) in [4.78, 5) is 11.8. The molecule has 0 atom stereocenters. The Morgan fingerprint density at radius 1 is 1.14 bits per heavy atom. The molecule has 2 aliphatic carbocycles. The van der Waals surface area contributed by atoms with Gasteiger partial charge in [0.2, 0.25) is 5.88 Å². The van der Waals surface area contributed by atoms with Crippen molar-refractivity contribution in [3.8, 4) is 11.6 Å². The fraction of sp³-hybridized carbons (Fsp3) is 0.583. The fourth-order valence-corrected chi connectivity index (χ4v) is 4.10. The van der Waals surface area contributed by atoms with E-state index >= 15 is 0 Å². The van der Waals surface area contributed by atoms with E-state index in [0.29, 0.717) is 5.88 Å². The van der Waals surface area contributed by atoms with Crippen LogP contribution in [0.4, 0.5) is 0 Å². The van der Waals surface area contributed by atoms with Gasteiger partial charge in [-0.05, 0) is 72.6 Å². The van der Waals surface area contributed by atoms with Gasteiger partial charge in [0.05, 0.1) is 5.69 Å². The number of ether oxygens (including phenoxy) is 1. The summed E-state index contributed by atoms with van der Waals surface area (Å²) in [7, 11) is 0. The Balaban J connectivity index is 1.79. The zero-order valence-corrected chi connectivity index (χ0v) is 18.1. The highest BCUT2D eigenvalue weighted by atomic mass is 16.5. The SMILES string of the molecule is CC(C)(C)c1cc(-n2nc(C(N)=O)cc2OC2CCCCC2)cc(C2(C)CC2)c1. The molecule has 1 aromatic carbocycles. The molecule has 1 amide bonds. The Hall–Kier alpha value is -2.30.